The zero-order chi connectivity index (χ0) is 23.5. The first kappa shape index (κ1) is 25.2. The molecule has 0 aromatic heterocycles. The van der Waals surface area contributed by atoms with Crippen LogP contribution in [0.1, 0.15) is 31.4 Å². The number of nitrogens with one attached hydrogen (secondary N) is 1. The monoisotopic (exact) mass is 459 g/mol. The minimum atomic E-state index is -0.565. The third kappa shape index (κ3) is 7.26. The fourth-order valence-corrected chi connectivity index (χ4v) is 4.06. The highest BCUT2D eigenvalue weighted by molar-refractivity contribution is 7.99. The minimum Gasteiger partial charge on any atom is -0.497 e. The van der Waals surface area contributed by atoms with Crippen molar-refractivity contribution in [3.05, 3.63) is 69.8 Å². The number of non-ortho nitro benzene ring substituents is 1. The van der Waals surface area contributed by atoms with Crippen molar-refractivity contribution in [1.82, 2.24) is 10.2 Å². The number of methoxy groups -OCH3 is 1. The van der Waals surface area contributed by atoms with Crippen molar-refractivity contribution in [2.75, 3.05) is 19.4 Å². The van der Waals surface area contributed by atoms with E-state index in [4.69, 9.17) is 4.74 Å². The van der Waals surface area contributed by atoms with Gasteiger partial charge in [-0.2, -0.15) is 0 Å². The number of carbonyl (C=O) groups is 2. The number of hydrogen-bond acceptors (Lipinski definition) is 6. The number of rotatable bonds is 12. The molecule has 2 amide bonds. The van der Waals surface area contributed by atoms with Crippen LogP contribution in [-0.2, 0) is 21.9 Å². The quantitative estimate of drug-likeness (QED) is 0.383. The zero-order valence-electron chi connectivity index (χ0n) is 18.6. The molecule has 1 N–H and O–H groups in total. The molecule has 0 saturated heterocycles. The molecule has 8 nitrogen and oxygen atoms in total. The molecule has 2 aromatic rings. The maximum atomic E-state index is 13.1. The first-order valence-corrected chi connectivity index (χ1v) is 11.6. The Hall–Kier alpha value is -3.07. The molecule has 0 aliphatic heterocycles. The summed E-state index contributed by atoms with van der Waals surface area (Å²) in [6, 6.07) is 13.1. The van der Waals surface area contributed by atoms with E-state index in [-0.39, 0.29) is 23.3 Å². The van der Waals surface area contributed by atoms with Gasteiger partial charge in [-0.25, -0.2) is 0 Å². The molecule has 0 aliphatic rings. The Morgan fingerprint density at radius 2 is 1.72 bits per heavy atom. The summed E-state index contributed by atoms with van der Waals surface area (Å²) in [6.07, 6.45) is 0.501. The zero-order valence-corrected chi connectivity index (χ0v) is 19.4. The van der Waals surface area contributed by atoms with Crippen LogP contribution in [0.4, 0.5) is 5.69 Å². The van der Waals surface area contributed by atoms with Gasteiger partial charge in [0.25, 0.3) is 5.69 Å². The van der Waals surface area contributed by atoms with Gasteiger partial charge in [-0.3, -0.25) is 19.7 Å². The molecule has 0 unspecified atom stereocenters. The van der Waals surface area contributed by atoms with Crippen LogP contribution in [0.15, 0.2) is 48.5 Å². The lowest BCUT2D eigenvalue weighted by Gasteiger charge is -2.30. The van der Waals surface area contributed by atoms with Gasteiger partial charge in [0.15, 0.2) is 0 Å². The normalized spacial score (nSPS) is 11.5. The first-order chi connectivity index (χ1) is 15.4. The second kappa shape index (κ2) is 12.7. The van der Waals surface area contributed by atoms with E-state index in [1.807, 2.05) is 38.1 Å². The molecule has 2 aromatic carbocycles. The molecule has 0 saturated carbocycles. The van der Waals surface area contributed by atoms with Crippen LogP contribution in [0.5, 0.6) is 5.75 Å². The van der Waals surface area contributed by atoms with Crippen LogP contribution in [-0.4, -0.2) is 47.1 Å². The number of likely N-dealkylation sites (N-methyl/N-ethyl adjacent to an activating group) is 1. The molecule has 0 fully saturated rings. The van der Waals surface area contributed by atoms with Gasteiger partial charge in [0.05, 0.1) is 17.8 Å². The van der Waals surface area contributed by atoms with Crippen LogP contribution in [0.3, 0.4) is 0 Å². The van der Waals surface area contributed by atoms with E-state index in [1.165, 1.54) is 23.9 Å². The number of carbonyl (C=O) groups excluding carboxylic acids is 2. The molecule has 1 atom stereocenters. The molecule has 0 radical (unpaired) electrons. The number of ether oxygens (including phenoxy) is 1. The predicted molar refractivity (Wildman–Crippen MR) is 126 cm³/mol. The second-order valence-electron chi connectivity index (χ2n) is 7.10. The van der Waals surface area contributed by atoms with Crippen molar-refractivity contribution in [1.29, 1.82) is 0 Å². The lowest BCUT2D eigenvalue weighted by Crippen LogP contribution is -2.49. The van der Waals surface area contributed by atoms with Crippen molar-refractivity contribution in [2.24, 2.45) is 0 Å². The molecular formula is C23H29N3O5S. The number of amides is 2. The van der Waals surface area contributed by atoms with E-state index in [9.17, 15) is 19.7 Å². The fraction of sp³-hybridized carbons (Fsp3) is 0.391. The van der Waals surface area contributed by atoms with E-state index >= 15 is 0 Å². The first-order valence-electron chi connectivity index (χ1n) is 10.4. The number of nitrogens with zero attached hydrogens (tertiary/aromatic N) is 2. The largest absolute Gasteiger partial charge is 0.497 e. The minimum absolute atomic E-state index is 0.0354. The number of thioether (sulfide) groups is 1. The summed E-state index contributed by atoms with van der Waals surface area (Å²) < 4.78 is 5.19. The summed E-state index contributed by atoms with van der Waals surface area (Å²) in [5.74, 6) is 1.16. The van der Waals surface area contributed by atoms with Crippen molar-refractivity contribution in [2.45, 2.75) is 38.6 Å². The molecule has 0 heterocycles. The third-order valence-electron chi connectivity index (χ3n) is 4.89. The average Bonchev–Trinajstić information content (AvgIpc) is 2.79. The molecule has 172 valence electrons. The number of hydrogen-bond donors (Lipinski definition) is 1. The Bertz CT molecular complexity index is 903. The maximum absolute atomic E-state index is 13.1. The van der Waals surface area contributed by atoms with E-state index in [0.717, 1.165) is 16.9 Å². The summed E-state index contributed by atoms with van der Waals surface area (Å²) in [7, 11) is 1.59. The van der Waals surface area contributed by atoms with Crippen molar-refractivity contribution >= 4 is 29.3 Å². The highest BCUT2D eigenvalue weighted by Gasteiger charge is 2.28. The van der Waals surface area contributed by atoms with Gasteiger partial charge < -0.3 is 15.0 Å². The predicted octanol–water partition coefficient (Wildman–Crippen LogP) is 3.78. The average molecular weight is 460 g/mol. The molecule has 9 heteroatoms. The molecule has 32 heavy (non-hydrogen) atoms. The Morgan fingerprint density at radius 3 is 2.25 bits per heavy atom. The second-order valence-corrected chi connectivity index (χ2v) is 8.09. The van der Waals surface area contributed by atoms with Gasteiger partial charge in [-0.05, 0) is 36.6 Å². The molecule has 0 bridgehead atoms. The smallest absolute Gasteiger partial charge is 0.269 e. The summed E-state index contributed by atoms with van der Waals surface area (Å²) in [5.41, 5.74) is 1.83. The lowest BCUT2D eigenvalue weighted by molar-refractivity contribution is -0.384. The number of nitro groups is 1. The molecule has 0 spiro atoms. The highest BCUT2D eigenvalue weighted by atomic mass is 32.2. The van der Waals surface area contributed by atoms with E-state index in [0.29, 0.717) is 25.3 Å². The fourth-order valence-electron chi connectivity index (χ4n) is 3.19. The molecular weight excluding hydrogens is 430 g/mol. The van der Waals surface area contributed by atoms with E-state index in [1.54, 1.807) is 24.1 Å². The summed E-state index contributed by atoms with van der Waals surface area (Å²) in [5, 5.41) is 13.6. The van der Waals surface area contributed by atoms with Gasteiger partial charge in [0.1, 0.15) is 11.8 Å². The topological polar surface area (TPSA) is 102 Å². The standard InChI is InChI=1S/C23H29N3O5S/c1-4-21(23(28)24-5-2)25(14-17-8-12-20(31-3)13-9-17)22(27)16-32-15-18-6-10-19(11-7-18)26(29)30/h6-13,21H,4-5,14-16H2,1-3H3,(H,24,28)/t21-/m1/s1. The van der Waals surface area contributed by atoms with Crippen molar-refractivity contribution in [3.8, 4) is 5.75 Å². The van der Waals surface area contributed by atoms with Crippen molar-refractivity contribution in [3.63, 3.8) is 0 Å². The number of benzene rings is 2. The van der Waals surface area contributed by atoms with Gasteiger partial charge in [0, 0.05) is 31.0 Å². The Kier molecular flexibility index (Phi) is 10.0. The Balaban J connectivity index is 2.09. The van der Waals surface area contributed by atoms with Gasteiger partial charge in [-0.15, -0.1) is 11.8 Å². The van der Waals surface area contributed by atoms with E-state index < -0.39 is 11.0 Å². The lowest BCUT2D eigenvalue weighted by atomic mass is 10.1. The molecule has 2 rings (SSSR count). The van der Waals surface area contributed by atoms with Crippen molar-refractivity contribution < 1.29 is 19.2 Å². The van der Waals surface area contributed by atoms with Gasteiger partial charge >= 0.3 is 0 Å². The van der Waals surface area contributed by atoms with Crippen LogP contribution in [0, 0.1) is 10.1 Å². The summed E-state index contributed by atoms with van der Waals surface area (Å²) in [6.45, 7) is 4.55. The summed E-state index contributed by atoms with van der Waals surface area (Å²) in [4.78, 5) is 37.7. The van der Waals surface area contributed by atoms with Crippen LogP contribution in [0.25, 0.3) is 0 Å². The maximum Gasteiger partial charge on any atom is 0.269 e. The van der Waals surface area contributed by atoms with Gasteiger partial charge in [-0.1, -0.05) is 31.2 Å². The highest BCUT2D eigenvalue weighted by Crippen LogP contribution is 2.20. The summed E-state index contributed by atoms with van der Waals surface area (Å²) >= 11 is 1.41. The SMILES string of the molecule is CCNC(=O)[C@@H](CC)N(Cc1ccc(OC)cc1)C(=O)CSCc1ccc([N+](=O)[O-])cc1. The Morgan fingerprint density at radius 1 is 1.09 bits per heavy atom. The third-order valence-corrected chi connectivity index (χ3v) is 5.88. The van der Waals surface area contributed by atoms with Crippen LogP contribution >= 0.6 is 11.8 Å². The van der Waals surface area contributed by atoms with E-state index in [2.05, 4.69) is 5.32 Å². The number of nitro benzene ring substituents is 1. The Labute approximate surface area is 192 Å². The van der Waals surface area contributed by atoms with Crippen LogP contribution in [0.2, 0.25) is 0 Å². The van der Waals surface area contributed by atoms with Gasteiger partial charge in [0.2, 0.25) is 11.8 Å². The molecule has 0 aliphatic carbocycles. The van der Waals surface area contributed by atoms with Crippen LogP contribution < -0.4 is 10.1 Å².